The highest BCUT2D eigenvalue weighted by atomic mass is 28.3. The Morgan fingerprint density at radius 1 is 0.625 bits per heavy atom. The van der Waals surface area contributed by atoms with Gasteiger partial charge in [-0.3, -0.25) is 0 Å². The fraction of sp³-hybridized carbons (Fsp3) is 0.857. The number of hydrogen-bond acceptors (Lipinski definition) is 0. The second-order valence-electron chi connectivity index (χ2n) is 8.15. The van der Waals surface area contributed by atoms with Gasteiger partial charge >= 0.3 is 0 Å². The van der Waals surface area contributed by atoms with E-state index in [1.807, 2.05) is 0 Å². The van der Waals surface area contributed by atoms with E-state index in [0.717, 1.165) is 0 Å². The van der Waals surface area contributed by atoms with Crippen molar-refractivity contribution >= 4 is 16.1 Å². The SMILES string of the molecule is C[Si](C)(C)C1(/C=C/C2([Si](C)(C)C)CC2)CC1. The third-order valence-corrected chi connectivity index (χ3v) is 12.6. The first-order valence-corrected chi connectivity index (χ1v) is 13.8. The Morgan fingerprint density at radius 2 is 0.875 bits per heavy atom. The van der Waals surface area contributed by atoms with Crippen molar-refractivity contribution < 1.29 is 0 Å². The molecule has 0 nitrogen and oxygen atoms in total. The zero-order valence-electron chi connectivity index (χ0n) is 12.0. The molecule has 0 atom stereocenters. The molecule has 2 fully saturated rings. The fourth-order valence-corrected chi connectivity index (χ4v) is 7.34. The van der Waals surface area contributed by atoms with Crippen molar-refractivity contribution in [3.8, 4) is 0 Å². The summed E-state index contributed by atoms with van der Waals surface area (Å²) in [5, 5.41) is 1.37. The van der Waals surface area contributed by atoms with Gasteiger partial charge in [-0.2, -0.15) is 0 Å². The normalized spacial score (nSPS) is 27.1. The lowest BCUT2D eigenvalue weighted by atomic mass is 10.3. The Balaban J connectivity index is 2.12. The third kappa shape index (κ3) is 1.99. The van der Waals surface area contributed by atoms with Gasteiger partial charge in [-0.25, -0.2) is 0 Å². The first-order valence-electron chi connectivity index (χ1n) is 6.82. The molecule has 16 heavy (non-hydrogen) atoms. The van der Waals surface area contributed by atoms with Crippen molar-refractivity contribution in [3.05, 3.63) is 12.2 Å². The summed E-state index contributed by atoms with van der Waals surface area (Å²) in [4.78, 5) is 0. The van der Waals surface area contributed by atoms with Crippen molar-refractivity contribution in [2.24, 2.45) is 0 Å². The minimum absolute atomic E-state index is 0.683. The minimum atomic E-state index is -0.976. The predicted molar refractivity (Wildman–Crippen MR) is 79.7 cm³/mol. The number of rotatable bonds is 4. The Hall–Kier alpha value is 0.174. The van der Waals surface area contributed by atoms with Gasteiger partial charge in [0.15, 0.2) is 0 Å². The zero-order chi connectivity index (χ0) is 12.2. The standard InChI is InChI=1S/C14H28Si2/c1-15(2,3)13(7-8-13)11-12-14(9-10-14)16(4,5)6/h11-12H,7-10H2,1-6H3/b12-11+. The summed E-state index contributed by atoms with van der Waals surface area (Å²) in [5.74, 6) is 0. The quantitative estimate of drug-likeness (QED) is 0.471. The molecule has 0 aromatic heterocycles. The molecule has 2 aliphatic carbocycles. The summed E-state index contributed by atoms with van der Waals surface area (Å²) < 4.78 is 0. The Bertz CT molecular complexity index is 275. The van der Waals surface area contributed by atoms with E-state index in [4.69, 9.17) is 0 Å². The number of hydrogen-bond donors (Lipinski definition) is 0. The Labute approximate surface area is 104 Å². The third-order valence-electron chi connectivity index (χ3n) is 5.29. The van der Waals surface area contributed by atoms with Crippen LogP contribution in [-0.2, 0) is 0 Å². The van der Waals surface area contributed by atoms with Gasteiger partial charge in [0.1, 0.15) is 0 Å². The van der Waals surface area contributed by atoms with Crippen molar-refractivity contribution in [2.45, 2.75) is 75.0 Å². The van der Waals surface area contributed by atoms with Gasteiger partial charge in [0.05, 0.1) is 16.1 Å². The van der Waals surface area contributed by atoms with Crippen LogP contribution in [0.2, 0.25) is 49.4 Å². The maximum Gasteiger partial charge on any atom is 0.0549 e. The summed E-state index contributed by atoms with van der Waals surface area (Å²) in [5.41, 5.74) is 0. The molecule has 0 bridgehead atoms. The van der Waals surface area contributed by atoms with E-state index in [9.17, 15) is 0 Å². The van der Waals surface area contributed by atoms with Gasteiger partial charge in [0.25, 0.3) is 0 Å². The van der Waals surface area contributed by atoms with E-state index >= 15 is 0 Å². The van der Waals surface area contributed by atoms with Gasteiger partial charge in [-0.15, -0.1) is 0 Å². The van der Waals surface area contributed by atoms with Crippen LogP contribution in [0.5, 0.6) is 0 Å². The lowest BCUT2D eigenvalue weighted by Crippen LogP contribution is -2.30. The maximum atomic E-state index is 2.67. The first-order chi connectivity index (χ1) is 7.12. The van der Waals surface area contributed by atoms with Crippen LogP contribution >= 0.6 is 0 Å². The molecule has 2 saturated carbocycles. The molecular formula is C14H28Si2. The first kappa shape index (κ1) is 12.6. The smallest absolute Gasteiger partial charge is 0.0549 e. The zero-order valence-corrected chi connectivity index (χ0v) is 14.0. The molecule has 0 aliphatic heterocycles. The summed E-state index contributed by atoms with van der Waals surface area (Å²) in [6.45, 7) is 15.2. The monoisotopic (exact) mass is 252 g/mol. The summed E-state index contributed by atoms with van der Waals surface area (Å²) in [7, 11) is -1.95. The molecule has 0 aromatic rings. The molecular weight excluding hydrogens is 224 g/mol. The van der Waals surface area contributed by atoms with Crippen LogP contribution in [0.3, 0.4) is 0 Å². The molecule has 92 valence electrons. The van der Waals surface area contributed by atoms with Crippen LogP contribution in [0.15, 0.2) is 12.2 Å². The Kier molecular flexibility index (Phi) is 2.64. The van der Waals surface area contributed by atoms with E-state index in [1.54, 1.807) is 0 Å². The van der Waals surface area contributed by atoms with Gasteiger partial charge in [-0.1, -0.05) is 51.4 Å². The summed E-state index contributed by atoms with van der Waals surface area (Å²) >= 11 is 0. The fourth-order valence-electron chi connectivity index (χ4n) is 2.92. The van der Waals surface area contributed by atoms with Gasteiger partial charge < -0.3 is 0 Å². The van der Waals surface area contributed by atoms with Crippen LogP contribution in [0, 0.1) is 0 Å². The molecule has 0 saturated heterocycles. The van der Waals surface area contributed by atoms with Crippen molar-refractivity contribution in [1.29, 1.82) is 0 Å². The number of allylic oxidation sites excluding steroid dienone is 2. The predicted octanol–water partition coefficient (Wildman–Crippen LogP) is 5.29. The van der Waals surface area contributed by atoms with E-state index in [-0.39, 0.29) is 0 Å². The molecule has 2 aliphatic rings. The lowest BCUT2D eigenvalue weighted by molar-refractivity contribution is 1.00. The average Bonchev–Trinajstić information content (AvgIpc) is 2.95. The second-order valence-corrected chi connectivity index (χ2v) is 19.1. The van der Waals surface area contributed by atoms with Crippen LogP contribution in [0.4, 0.5) is 0 Å². The molecule has 0 radical (unpaired) electrons. The highest BCUT2D eigenvalue weighted by Crippen LogP contribution is 2.66. The molecule has 0 unspecified atom stereocenters. The molecule has 0 aromatic carbocycles. The summed E-state index contributed by atoms with van der Waals surface area (Å²) in [6, 6.07) is 0. The molecule has 0 amide bonds. The highest BCUT2D eigenvalue weighted by Gasteiger charge is 2.54. The van der Waals surface area contributed by atoms with Crippen LogP contribution in [0.1, 0.15) is 25.7 Å². The van der Waals surface area contributed by atoms with E-state index in [2.05, 4.69) is 51.4 Å². The topological polar surface area (TPSA) is 0 Å². The molecule has 0 heterocycles. The molecule has 2 heteroatoms. The van der Waals surface area contributed by atoms with Crippen molar-refractivity contribution in [3.63, 3.8) is 0 Å². The van der Waals surface area contributed by atoms with E-state index in [1.165, 1.54) is 25.7 Å². The lowest BCUT2D eigenvalue weighted by Gasteiger charge is -2.29. The van der Waals surface area contributed by atoms with Crippen molar-refractivity contribution in [2.75, 3.05) is 0 Å². The minimum Gasteiger partial charge on any atom is -0.0847 e. The largest absolute Gasteiger partial charge is 0.0847 e. The van der Waals surface area contributed by atoms with Gasteiger partial charge in [0, 0.05) is 0 Å². The van der Waals surface area contributed by atoms with Crippen LogP contribution in [0.25, 0.3) is 0 Å². The molecule has 2 rings (SSSR count). The van der Waals surface area contributed by atoms with E-state index < -0.39 is 16.1 Å². The second kappa shape index (κ2) is 3.35. The van der Waals surface area contributed by atoms with Crippen LogP contribution in [-0.4, -0.2) is 16.1 Å². The average molecular weight is 253 g/mol. The van der Waals surface area contributed by atoms with Crippen molar-refractivity contribution in [1.82, 2.24) is 0 Å². The highest BCUT2D eigenvalue weighted by molar-refractivity contribution is 6.81. The van der Waals surface area contributed by atoms with Gasteiger partial charge in [0.2, 0.25) is 0 Å². The maximum absolute atomic E-state index is 2.67. The Morgan fingerprint density at radius 3 is 1.00 bits per heavy atom. The molecule has 0 spiro atoms. The summed E-state index contributed by atoms with van der Waals surface area (Å²) in [6.07, 6.45) is 11.2. The molecule has 0 N–H and O–H groups in total. The van der Waals surface area contributed by atoms with Crippen LogP contribution < -0.4 is 0 Å². The van der Waals surface area contributed by atoms with Gasteiger partial charge in [-0.05, 0) is 35.8 Å². The van der Waals surface area contributed by atoms with E-state index in [0.29, 0.717) is 10.1 Å².